The Morgan fingerprint density at radius 2 is 2.38 bits per heavy atom. The van der Waals surface area contributed by atoms with Crippen LogP contribution in [-0.2, 0) is 4.74 Å². The summed E-state index contributed by atoms with van der Waals surface area (Å²) in [5.74, 6) is 0. The molecular formula is C9H9ClO2S. The summed E-state index contributed by atoms with van der Waals surface area (Å²) < 4.78 is 4.77. The van der Waals surface area contributed by atoms with E-state index < -0.39 is 0 Å². The molecule has 1 aromatic rings. The third-order valence-electron chi connectivity index (χ3n) is 1.26. The molecule has 0 radical (unpaired) electrons. The fourth-order valence-corrected chi connectivity index (χ4v) is 1.73. The van der Waals surface area contributed by atoms with E-state index in [1.165, 1.54) is 0 Å². The van der Waals surface area contributed by atoms with Crippen LogP contribution in [0.2, 0.25) is 5.02 Å². The van der Waals surface area contributed by atoms with Gasteiger partial charge in [-0.2, -0.15) is 0 Å². The fraction of sp³-hybridized carbons (Fsp3) is 0.222. The molecule has 1 aromatic carbocycles. The maximum Gasteiger partial charge on any atom is 0.372 e. The Bertz CT molecular complexity index is 301. The second-order valence-electron chi connectivity index (χ2n) is 2.24. The Morgan fingerprint density at radius 3 is 3.00 bits per heavy atom. The highest BCUT2D eigenvalue weighted by atomic mass is 35.5. The molecule has 0 bridgehead atoms. The number of hydrogen-bond donors (Lipinski definition) is 0. The first-order valence-electron chi connectivity index (χ1n) is 3.82. The van der Waals surface area contributed by atoms with E-state index in [4.69, 9.17) is 16.3 Å². The molecule has 0 fully saturated rings. The average molecular weight is 217 g/mol. The lowest BCUT2D eigenvalue weighted by Crippen LogP contribution is -1.95. The van der Waals surface area contributed by atoms with Gasteiger partial charge < -0.3 is 4.74 Å². The number of halogens is 1. The number of rotatable bonds is 2. The van der Waals surface area contributed by atoms with Crippen molar-refractivity contribution in [2.45, 2.75) is 11.8 Å². The van der Waals surface area contributed by atoms with Gasteiger partial charge in [-0.15, -0.1) is 0 Å². The van der Waals surface area contributed by atoms with Gasteiger partial charge in [0, 0.05) is 9.92 Å². The van der Waals surface area contributed by atoms with Gasteiger partial charge in [0.25, 0.3) is 0 Å². The van der Waals surface area contributed by atoms with Crippen LogP contribution in [0.25, 0.3) is 0 Å². The summed E-state index contributed by atoms with van der Waals surface area (Å²) in [5, 5.41) is 0.319. The molecule has 0 aliphatic carbocycles. The molecule has 1 rings (SSSR count). The zero-order valence-electron chi connectivity index (χ0n) is 7.12. The number of hydrogen-bond acceptors (Lipinski definition) is 3. The van der Waals surface area contributed by atoms with Crippen molar-refractivity contribution in [2.24, 2.45) is 0 Å². The van der Waals surface area contributed by atoms with Gasteiger partial charge in [0.15, 0.2) is 0 Å². The first-order chi connectivity index (χ1) is 6.22. The molecule has 0 unspecified atom stereocenters. The number of carbonyl (C=O) groups excluding carboxylic acids is 1. The molecule has 2 nitrogen and oxygen atoms in total. The van der Waals surface area contributed by atoms with E-state index in [1.54, 1.807) is 25.1 Å². The molecule has 0 aliphatic heterocycles. The Hall–Kier alpha value is -0.670. The summed E-state index contributed by atoms with van der Waals surface area (Å²) in [5.41, 5.74) is 0. The zero-order chi connectivity index (χ0) is 9.68. The predicted octanol–water partition coefficient (Wildman–Crippen LogP) is 3.59. The highest BCUT2D eigenvalue weighted by molar-refractivity contribution is 8.13. The molecule has 0 amide bonds. The van der Waals surface area contributed by atoms with Gasteiger partial charge in [-0.1, -0.05) is 17.7 Å². The number of carbonyl (C=O) groups is 1. The first-order valence-corrected chi connectivity index (χ1v) is 5.02. The maximum absolute atomic E-state index is 11.0. The minimum Gasteiger partial charge on any atom is -0.458 e. The van der Waals surface area contributed by atoms with E-state index in [2.05, 4.69) is 0 Å². The molecule has 0 spiro atoms. The topological polar surface area (TPSA) is 26.3 Å². The molecule has 0 aliphatic rings. The van der Waals surface area contributed by atoms with Crippen LogP contribution < -0.4 is 0 Å². The molecule has 0 heterocycles. The Morgan fingerprint density at radius 1 is 1.62 bits per heavy atom. The van der Waals surface area contributed by atoms with Crippen LogP contribution >= 0.6 is 23.4 Å². The lowest BCUT2D eigenvalue weighted by molar-refractivity contribution is 0.181. The van der Waals surface area contributed by atoms with Crippen molar-refractivity contribution in [1.29, 1.82) is 0 Å². The number of thioether (sulfide) groups is 1. The highest BCUT2D eigenvalue weighted by Gasteiger charge is 2.04. The fourth-order valence-electron chi connectivity index (χ4n) is 0.774. The van der Waals surface area contributed by atoms with Gasteiger partial charge in [-0.3, -0.25) is 0 Å². The highest BCUT2D eigenvalue weighted by Crippen LogP contribution is 2.22. The minimum absolute atomic E-state index is 0.301. The SMILES string of the molecule is CCOC(=O)Sc1cccc(Cl)c1. The van der Waals surface area contributed by atoms with E-state index in [0.29, 0.717) is 11.6 Å². The van der Waals surface area contributed by atoms with Crippen LogP contribution in [0.3, 0.4) is 0 Å². The Balaban J connectivity index is 2.58. The second-order valence-corrected chi connectivity index (χ2v) is 3.69. The summed E-state index contributed by atoms with van der Waals surface area (Å²) in [4.78, 5) is 11.8. The third-order valence-corrected chi connectivity index (χ3v) is 2.27. The molecule has 0 saturated carbocycles. The van der Waals surface area contributed by atoms with Crippen LogP contribution in [0.1, 0.15) is 6.92 Å². The zero-order valence-corrected chi connectivity index (χ0v) is 8.69. The summed E-state index contributed by atoms with van der Waals surface area (Å²) in [6, 6.07) is 7.09. The molecule has 70 valence electrons. The Labute approximate surface area is 86.2 Å². The lowest BCUT2D eigenvalue weighted by atomic mass is 10.4. The standard InChI is InChI=1S/C9H9ClO2S/c1-2-12-9(11)13-8-5-3-4-7(10)6-8/h3-6H,2H2,1H3. The molecule has 0 saturated heterocycles. The first kappa shape index (κ1) is 10.4. The van der Waals surface area contributed by atoms with Gasteiger partial charge >= 0.3 is 5.30 Å². The van der Waals surface area contributed by atoms with Gasteiger partial charge in [-0.25, -0.2) is 4.79 Å². The van der Waals surface area contributed by atoms with Crippen LogP contribution in [-0.4, -0.2) is 11.9 Å². The molecular weight excluding hydrogens is 208 g/mol. The van der Waals surface area contributed by atoms with Crippen molar-refractivity contribution in [3.63, 3.8) is 0 Å². The van der Waals surface area contributed by atoms with E-state index in [1.807, 2.05) is 6.07 Å². The van der Waals surface area contributed by atoms with E-state index in [9.17, 15) is 4.79 Å². The van der Waals surface area contributed by atoms with Gasteiger partial charge in [-0.05, 0) is 36.9 Å². The van der Waals surface area contributed by atoms with Crippen molar-refractivity contribution < 1.29 is 9.53 Å². The molecule has 0 N–H and O–H groups in total. The largest absolute Gasteiger partial charge is 0.458 e. The van der Waals surface area contributed by atoms with Crippen molar-refractivity contribution in [2.75, 3.05) is 6.61 Å². The quantitative estimate of drug-likeness (QED) is 0.558. The molecule has 13 heavy (non-hydrogen) atoms. The minimum atomic E-state index is -0.301. The van der Waals surface area contributed by atoms with E-state index >= 15 is 0 Å². The molecule has 0 atom stereocenters. The number of benzene rings is 1. The predicted molar refractivity (Wildman–Crippen MR) is 54.3 cm³/mol. The van der Waals surface area contributed by atoms with Crippen molar-refractivity contribution in [1.82, 2.24) is 0 Å². The normalized spacial score (nSPS) is 9.69. The van der Waals surface area contributed by atoms with E-state index in [0.717, 1.165) is 16.7 Å². The van der Waals surface area contributed by atoms with Crippen LogP contribution in [0.15, 0.2) is 29.2 Å². The van der Waals surface area contributed by atoms with Gasteiger partial charge in [0.05, 0.1) is 6.61 Å². The summed E-state index contributed by atoms with van der Waals surface area (Å²) in [6.45, 7) is 2.17. The maximum atomic E-state index is 11.0. The smallest absolute Gasteiger partial charge is 0.372 e. The Kier molecular flexibility index (Phi) is 4.12. The third kappa shape index (κ3) is 3.70. The summed E-state index contributed by atoms with van der Waals surface area (Å²) in [6.07, 6.45) is 0. The van der Waals surface area contributed by atoms with Crippen molar-refractivity contribution in [3.8, 4) is 0 Å². The van der Waals surface area contributed by atoms with Crippen LogP contribution in [0.5, 0.6) is 0 Å². The van der Waals surface area contributed by atoms with Crippen molar-refractivity contribution in [3.05, 3.63) is 29.3 Å². The van der Waals surface area contributed by atoms with Crippen molar-refractivity contribution >= 4 is 28.7 Å². The summed E-state index contributed by atoms with van der Waals surface area (Å²) in [7, 11) is 0. The number of ether oxygens (including phenoxy) is 1. The van der Waals surface area contributed by atoms with E-state index in [-0.39, 0.29) is 5.30 Å². The second kappa shape index (κ2) is 5.14. The lowest BCUT2D eigenvalue weighted by Gasteiger charge is -2.00. The van der Waals surface area contributed by atoms with Gasteiger partial charge in [0.2, 0.25) is 0 Å². The van der Waals surface area contributed by atoms with Gasteiger partial charge in [0.1, 0.15) is 0 Å². The molecule has 0 aromatic heterocycles. The van der Waals surface area contributed by atoms with Crippen LogP contribution in [0.4, 0.5) is 4.79 Å². The average Bonchev–Trinajstić information content (AvgIpc) is 2.04. The summed E-state index contributed by atoms with van der Waals surface area (Å²) >= 11 is 6.78. The molecule has 4 heteroatoms. The van der Waals surface area contributed by atoms with Crippen LogP contribution in [0, 0.1) is 0 Å². The monoisotopic (exact) mass is 216 g/mol.